The standard InChI is InChI=1S/C13H9Cl2NO3/c1-19-13(18)9-5-12(17)16-6-10(9)8-4-7(14)2-3-11(8)15/h2-6H,1H3,(H,16,17). The molecule has 2 aromatic rings. The van der Waals surface area contributed by atoms with Crippen LogP contribution in [0.2, 0.25) is 10.0 Å². The first-order chi connectivity index (χ1) is 9.02. The second-order valence-electron chi connectivity index (χ2n) is 3.74. The number of carbonyl (C=O) groups is 1. The third-order valence-electron chi connectivity index (χ3n) is 2.55. The van der Waals surface area contributed by atoms with E-state index < -0.39 is 11.5 Å². The molecule has 0 amide bonds. The second-order valence-corrected chi connectivity index (χ2v) is 4.58. The highest BCUT2D eigenvalue weighted by molar-refractivity contribution is 6.35. The normalized spacial score (nSPS) is 10.3. The number of carbonyl (C=O) groups excluding carboxylic acids is 1. The number of hydrogen-bond acceptors (Lipinski definition) is 3. The van der Waals surface area contributed by atoms with Gasteiger partial charge in [-0.1, -0.05) is 23.2 Å². The van der Waals surface area contributed by atoms with Crippen LogP contribution in [0.1, 0.15) is 10.4 Å². The molecule has 0 atom stereocenters. The van der Waals surface area contributed by atoms with Gasteiger partial charge in [0.2, 0.25) is 5.56 Å². The summed E-state index contributed by atoms with van der Waals surface area (Å²) in [5.41, 5.74) is 0.738. The van der Waals surface area contributed by atoms with Gasteiger partial charge in [0.05, 0.1) is 12.7 Å². The van der Waals surface area contributed by atoms with E-state index in [4.69, 9.17) is 23.2 Å². The Morgan fingerprint density at radius 2 is 1.95 bits per heavy atom. The maximum Gasteiger partial charge on any atom is 0.338 e. The third-order valence-corrected chi connectivity index (χ3v) is 3.11. The number of benzene rings is 1. The molecule has 0 aliphatic heterocycles. The molecule has 1 aromatic heterocycles. The van der Waals surface area contributed by atoms with Crippen molar-refractivity contribution in [1.29, 1.82) is 0 Å². The van der Waals surface area contributed by atoms with Crippen molar-refractivity contribution >= 4 is 29.2 Å². The minimum absolute atomic E-state index is 0.135. The first kappa shape index (κ1) is 13.6. The van der Waals surface area contributed by atoms with Crippen molar-refractivity contribution in [1.82, 2.24) is 4.98 Å². The number of hydrogen-bond donors (Lipinski definition) is 1. The Morgan fingerprint density at radius 3 is 2.63 bits per heavy atom. The summed E-state index contributed by atoms with van der Waals surface area (Å²) < 4.78 is 4.66. The van der Waals surface area contributed by atoms with Gasteiger partial charge in [0.25, 0.3) is 0 Å². The highest BCUT2D eigenvalue weighted by Crippen LogP contribution is 2.32. The van der Waals surface area contributed by atoms with Crippen LogP contribution in [-0.4, -0.2) is 18.1 Å². The van der Waals surface area contributed by atoms with E-state index in [0.29, 0.717) is 21.2 Å². The number of nitrogens with one attached hydrogen (secondary N) is 1. The number of aromatic amines is 1. The van der Waals surface area contributed by atoms with E-state index in [-0.39, 0.29) is 5.56 Å². The number of esters is 1. The van der Waals surface area contributed by atoms with Crippen molar-refractivity contribution in [2.45, 2.75) is 0 Å². The fraction of sp³-hybridized carbons (Fsp3) is 0.0769. The van der Waals surface area contributed by atoms with E-state index in [1.54, 1.807) is 18.2 Å². The van der Waals surface area contributed by atoms with Gasteiger partial charge in [-0.3, -0.25) is 4.79 Å². The van der Waals surface area contributed by atoms with Crippen molar-refractivity contribution in [3.05, 3.63) is 56.4 Å². The molecule has 0 saturated heterocycles. The first-order valence-electron chi connectivity index (χ1n) is 5.29. The Labute approximate surface area is 118 Å². The van der Waals surface area contributed by atoms with Crippen LogP contribution in [0.25, 0.3) is 11.1 Å². The summed E-state index contributed by atoms with van der Waals surface area (Å²) in [6.45, 7) is 0. The molecule has 1 N–H and O–H groups in total. The largest absolute Gasteiger partial charge is 0.465 e. The Hall–Kier alpha value is -1.78. The number of methoxy groups -OCH3 is 1. The molecule has 1 heterocycles. The van der Waals surface area contributed by atoms with E-state index in [1.165, 1.54) is 19.4 Å². The van der Waals surface area contributed by atoms with Crippen LogP contribution in [0.3, 0.4) is 0 Å². The lowest BCUT2D eigenvalue weighted by atomic mass is 10.0. The van der Waals surface area contributed by atoms with Gasteiger partial charge in [0.1, 0.15) is 0 Å². The van der Waals surface area contributed by atoms with Crippen molar-refractivity contribution in [2.75, 3.05) is 7.11 Å². The maximum atomic E-state index is 11.7. The highest BCUT2D eigenvalue weighted by atomic mass is 35.5. The minimum atomic E-state index is -0.614. The maximum absolute atomic E-state index is 11.7. The van der Waals surface area contributed by atoms with E-state index in [0.717, 1.165) is 0 Å². The van der Waals surface area contributed by atoms with Crippen molar-refractivity contribution < 1.29 is 9.53 Å². The van der Waals surface area contributed by atoms with Gasteiger partial charge in [-0.2, -0.15) is 0 Å². The van der Waals surface area contributed by atoms with Gasteiger partial charge in [0.15, 0.2) is 0 Å². The molecule has 98 valence electrons. The predicted molar refractivity (Wildman–Crippen MR) is 73.9 cm³/mol. The molecule has 0 fully saturated rings. The van der Waals surface area contributed by atoms with Crippen LogP contribution in [0.15, 0.2) is 35.3 Å². The Morgan fingerprint density at radius 1 is 1.21 bits per heavy atom. The lowest BCUT2D eigenvalue weighted by Crippen LogP contribution is -2.12. The van der Waals surface area contributed by atoms with Crippen molar-refractivity contribution in [2.24, 2.45) is 0 Å². The number of ether oxygens (including phenoxy) is 1. The van der Waals surface area contributed by atoms with Gasteiger partial charge in [-0.05, 0) is 18.2 Å². The second kappa shape index (κ2) is 5.47. The summed E-state index contributed by atoms with van der Waals surface area (Å²) >= 11 is 12.0. The average Bonchev–Trinajstić information content (AvgIpc) is 2.41. The molecular weight excluding hydrogens is 289 g/mol. The number of pyridine rings is 1. The summed E-state index contributed by atoms with van der Waals surface area (Å²) in [6, 6.07) is 6.03. The van der Waals surface area contributed by atoms with E-state index in [9.17, 15) is 9.59 Å². The Kier molecular flexibility index (Phi) is 3.93. The monoisotopic (exact) mass is 297 g/mol. The van der Waals surface area contributed by atoms with Gasteiger partial charge < -0.3 is 9.72 Å². The van der Waals surface area contributed by atoms with Gasteiger partial charge in [-0.15, -0.1) is 0 Å². The van der Waals surface area contributed by atoms with E-state index >= 15 is 0 Å². The summed E-state index contributed by atoms with van der Waals surface area (Å²) in [4.78, 5) is 25.5. The van der Waals surface area contributed by atoms with Crippen LogP contribution in [-0.2, 0) is 4.74 Å². The topological polar surface area (TPSA) is 59.2 Å². The molecule has 0 aliphatic carbocycles. The Bertz CT molecular complexity index is 695. The van der Waals surface area contributed by atoms with E-state index in [2.05, 4.69) is 9.72 Å². The van der Waals surface area contributed by atoms with Crippen molar-refractivity contribution in [3.63, 3.8) is 0 Å². The predicted octanol–water partition coefficient (Wildman–Crippen LogP) is 3.14. The molecule has 1 aromatic carbocycles. The van der Waals surface area contributed by atoms with Crippen LogP contribution in [0.5, 0.6) is 0 Å². The molecule has 6 heteroatoms. The average molecular weight is 298 g/mol. The lowest BCUT2D eigenvalue weighted by Gasteiger charge is -2.09. The van der Waals surface area contributed by atoms with Crippen LogP contribution in [0.4, 0.5) is 0 Å². The fourth-order valence-electron chi connectivity index (χ4n) is 1.68. The molecule has 19 heavy (non-hydrogen) atoms. The molecule has 0 unspecified atom stereocenters. The molecule has 0 bridgehead atoms. The first-order valence-corrected chi connectivity index (χ1v) is 6.05. The zero-order valence-electron chi connectivity index (χ0n) is 9.87. The molecule has 0 saturated carbocycles. The summed E-state index contributed by atoms with van der Waals surface area (Å²) in [6.07, 6.45) is 1.41. The number of rotatable bonds is 2. The third kappa shape index (κ3) is 2.80. The SMILES string of the molecule is COC(=O)c1cc(=O)[nH]cc1-c1cc(Cl)ccc1Cl. The number of H-pyrrole nitrogens is 1. The quantitative estimate of drug-likeness (QED) is 0.866. The summed E-state index contributed by atoms with van der Waals surface area (Å²) in [5, 5.41) is 0.892. The highest BCUT2D eigenvalue weighted by Gasteiger charge is 2.16. The summed E-state index contributed by atoms with van der Waals surface area (Å²) in [5.74, 6) is -0.614. The molecular formula is C13H9Cl2NO3. The zero-order chi connectivity index (χ0) is 14.0. The van der Waals surface area contributed by atoms with Gasteiger partial charge >= 0.3 is 5.97 Å². The number of halogens is 2. The van der Waals surface area contributed by atoms with Crippen molar-refractivity contribution in [3.8, 4) is 11.1 Å². The minimum Gasteiger partial charge on any atom is -0.465 e. The zero-order valence-corrected chi connectivity index (χ0v) is 11.4. The fourth-order valence-corrected chi connectivity index (χ4v) is 2.07. The molecule has 4 nitrogen and oxygen atoms in total. The van der Waals surface area contributed by atoms with Crippen LogP contribution >= 0.6 is 23.2 Å². The Balaban J connectivity index is 2.71. The lowest BCUT2D eigenvalue weighted by molar-refractivity contribution is 0.0601. The number of aromatic nitrogens is 1. The molecule has 0 radical (unpaired) electrons. The molecule has 2 rings (SSSR count). The smallest absolute Gasteiger partial charge is 0.338 e. The van der Waals surface area contributed by atoms with Crippen LogP contribution in [0, 0.1) is 0 Å². The van der Waals surface area contributed by atoms with Crippen LogP contribution < -0.4 is 5.56 Å². The van der Waals surface area contributed by atoms with E-state index in [1.807, 2.05) is 0 Å². The summed E-state index contributed by atoms with van der Waals surface area (Å²) in [7, 11) is 1.24. The molecule has 0 aliphatic rings. The van der Waals surface area contributed by atoms with Gasteiger partial charge in [-0.25, -0.2) is 4.79 Å². The molecule has 0 spiro atoms. The van der Waals surface area contributed by atoms with Gasteiger partial charge in [0, 0.05) is 33.4 Å².